The van der Waals surface area contributed by atoms with Crippen molar-refractivity contribution in [2.45, 2.75) is 89.1 Å². The van der Waals surface area contributed by atoms with E-state index >= 15 is 0 Å². The third-order valence-corrected chi connectivity index (χ3v) is 9.99. The molecular formula is C40H47BN6O3. The van der Waals surface area contributed by atoms with Crippen LogP contribution in [0, 0.1) is 0 Å². The van der Waals surface area contributed by atoms with Crippen molar-refractivity contribution in [1.82, 2.24) is 30.8 Å². The highest BCUT2D eigenvalue weighted by atomic mass is 16.7. The van der Waals surface area contributed by atoms with Crippen LogP contribution in [0.3, 0.4) is 0 Å². The van der Waals surface area contributed by atoms with Gasteiger partial charge in [0.05, 0.1) is 22.8 Å². The van der Waals surface area contributed by atoms with Crippen LogP contribution < -0.4 is 10.6 Å². The highest BCUT2D eigenvalue weighted by molar-refractivity contribution is 6.45. The zero-order valence-electron chi connectivity index (χ0n) is 29.5. The van der Waals surface area contributed by atoms with Crippen LogP contribution in [-0.4, -0.2) is 44.4 Å². The molecule has 2 N–H and O–H groups in total. The summed E-state index contributed by atoms with van der Waals surface area (Å²) in [5.74, 6) is 0.435. The Morgan fingerprint density at radius 3 is 1.78 bits per heavy atom. The molecule has 1 unspecified atom stereocenters. The fraction of sp³-hybridized carbons (Fsp3) is 0.350. The van der Waals surface area contributed by atoms with Gasteiger partial charge in [0.25, 0.3) is 0 Å². The third kappa shape index (κ3) is 7.88. The van der Waals surface area contributed by atoms with Crippen molar-refractivity contribution in [3.63, 3.8) is 0 Å². The second-order valence-corrected chi connectivity index (χ2v) is 14.0. The number of tetrazole rings is 1. The SMILES string of the molecule is CC1(C)OB(CCCCC(NC(c2ccccc2)(c2ccccc2)c2ccccc2)c2nnnn2CC(=O)NCc2ccccc2)OC1(C)C. The van der Waals surface area contributed by atoms with E-state index in [0.29, 0.717) is 18.8 Å². The van der Waals surface area contributed by atoms with E-state index in [-0.39, 0.29) is 36.8 Å². The van der Waals surface area contributed by atoms with E-state index in [4.69, 9.17) is 9.31 Å². The number of nitrogens with zero attached hydrogens (tertiary/aromatic N) is 4. The summed E-state index contributed by atoms with van der Waals surface area (Å²) in [7, 11) is -0.262. The van der Waals surface area contributed by atoms with Gasteiger partial charge in [-0.2, -0.15) is 0 Å². The molecule has 1 amide bonds. The van der Waals surface area contributed by atoms with Crippen LogP contribution >= 0.6 is 0 Å². The first-order valence-corrected chi connectivity index (χ1v) is 17.5. The molecule has 258 valence electrons. The van der Waals surface area contributed by atoms with Gasteiger partial charge >= 0.3 is 7.12 Å². The van der Waals surface area contributed by atoms with E-state index < -0.39 is 5.54 Å². The molecule has 9 nitrogen and oxygen atoms in total. The van der Waals surface area contributed by atoms with Gasteiger partial charge in [-0.1, -0.05) is 134 Å². The molecule has 50 heavy (non-hydrogen) atoms. The van der Waals surface area contributed by atoms with Crippen molar-refractivity contribution < 1.29 is 14.1 Å². The van der Waals surface area contributed by atoms with Crippen LogP contribution in [0.25, 0.3) is 0 Å². The summed E-state index contributed by atoms with van der Waals surface area (Å²) in [5, 5.41) is 20.1. The molecule has 0 saturated carbocycles. The van der Waals surface area contributed by atoms with Crippen molar-refractivity contribution in [1.29, 1.82) is 0 Å². The van der Waals surface area contributed by atoms with Gasteiger partial charge in [-0.3, -0.25) is 10.1 Å². The molecule has 1 fully saturated rings. The van der Waals surface area contributed by atoms with Gasteiger partial charge < -0.3 is 14.6 Å². The maximum absolute atomic E-state index is 13.2. The Hall–Kier alpha value is -4.64. The molecule has 0 aliphatic carbocycles. The van der Waals surface area contributed by atoms with Gasteiger partial charge in [-0.25, -0.2) is 4.68 Å². The maximum atomic E-state index is 13.2. The molecule has 1 aliphatic heterocycles. The predicted molar refractivity (Wildman–Crippen MR) is 196 cm³/mol. The molecule has 1 atom stereocenters. The number of amides is 1. The monoisotopic (exact) mass is 670 g/mol. The Balaban J connectivity index is 1.32. The van der Waals surface area contributed by atoms with Gasteiger partial charge in [0.1, 0.15) is 6.54 Å². The van der Waals surface area contributed by atoms with Crippen LogP contribution in [-0.2, 0) is 32.7 Å². The highest BCUT2D eigenvalue weighted by Gasteiger charge is 2.50. The number of hydrogen-bond acceptors (Lipinski definition) is 7. The third-order valence-electron chi connectivity index (χ3n) is 9.99. The first-order chi connectivity index (χ1) is 24.2. The van der Waals surface area contributed by atoms with Crippen LogP contribution in [0.15, 0.2) is 121 Å². The molecular weight excluding hydrogens is 623 g/mol. The lowest BCUT2D eigenvalue weighted by Gasteiger charge is -2.40. The molecule has 1 saturated heterocycles. The molecule has 0 spiro atoms. The van der Waals surface area contributed by atoms with E-state index in [0.717, 1.165) is 41.4 Å². The van der Waals surface area contributed by atoms with E-state index in [1.807, 2.05) is 48.5 Å². The van der Waals surface area contributed by atoms with E-state index in [1.54, 1.807) is 4.68 Å². The summed E-state index contributed by atoms with van der Waals surface area (Å²) < 4.78 is 14.2. The molecule has 0 bridgehead atoms. The predicted octanol–water partition coefficient (Wildman–Crippen LogP) is 6.87. The van der Waals surface area contributed by atoms with Crippen LogP contribution in [0.4, 0.5) is 0 Å². The Morgan fingerprint density at radius 2 is 1.26 bits per heavy atom. The van der Waals surface area contributed by atoms with E-state index in [1.165, 1.54) is 0 Å². The molecule has 0 radical (unpaired) electrons. The number of aromatic nitrogens is 4. The molecule has 5 aromatic rings. The first kappa shape index (κ1) is 35.2. The summed E-state index contributed by atoms with van der Waals surface area (Å²) >= 11 is 0. The fourth-order valence-corrected chi connectivity index (χ4v) is 6.65. The van der Waals surface area contributed by atoms with Crippen molar-refractivity contribution in [2.24, 2.45) is 0 Å². The minimum Gasteiger partial charge on any atom is -0.403 e. The minimum absolute atomic E-state index is 0.00369. The van der Waals surface area contributed by atoms with Gasteiger partial charge in [0.15, 0.2) is 5.82 Å². The molecule has 1 aromatic heterocycles. The zero-order valence-corrected chi connectivity index (χ0v) is 29.5. The summed E-state index contributed by atoms with van der Waals surface area (Å²) in [5.41, 5.74) is 2.78. The lowest BCUT2D eigenvalue weighted by molar-refractivity contribution is -0.122. The van der Waals surface area contributed by atoms with Gasteiger partial charge in [0.2, 0.25) is 5.91 Å². The lowest BCUT2D eigenvalue weighted by Crippen LogP contribution is -2.47. The van der Waals surface area contributed by atoms with Crippen molar-refractivity contribution >= 4 is 13.0 Å². The van der Waals surface area contributed by atoms with E-state index in [9.17, 15) is 4.79 Å². The zero-order chi connectivity index (χ0) is 35.0. The molecule has 4 aromatic carbocycles. The fourth-order valence-electron chi connectivity index (χ4n) is 6.65. The number of unbranched alkanes of at least 4 members (excludes halogenated alkanes) is 1. The van der Waals surface area contributed by atoms with Crippen molar-refractivity contribution in [3.8, 4) is 0 Å². The molecule has 10 heteroatoms. The average Bonchev–Trinajstić information content (AvgIpc) is 3.67. The number of benzene rings is 4. The number of carbonyl (C=O) groups excluding carboxylic acids is 1. The van der Waals surface area contributed by atoms with Crippen LogP contribution in [0.5, 0.6) is 0 Å². The minimum atomic E-state index is -0.757. The Labute approximate surface area is 295 Å². The number of hydrogen-bond donors (Lipinski definition) is 2. The standard InChI is InChI=1S/C40H47BN6O3/c1-38(2)39(3,4)50-41(49-38)28-18-17-27-35(37-44-45-46-47(37)30-36(48)42-29-31-19-9-5-10-20-31)43-40(32-21-11-6-12-22-32,33-23-13-7-14-24-33)34-25-15-8-16-26-34/h5-16,19-26,35,43H,17-18,27-30H2,1-4H3,(H,42,48). The number of carbonyl (C=O) groups is 1. The molecule has 2 heterocycles. The Kier molecular flexibility index (Phi) is 10.9. The summed E-state index contributed by atoms with van der Waals surface area (Å²) in [6, 6.07) is 41.0. The first-order valence-electron chi connectivity index (χ1n) is 17.5. The Bertz CT molecular complexity index is 1690. The maximum Gasteiger partial charge on any atom is 0.457 e. The van der Waals surface area contributed by atoms with Gasteiger partial charge in [-0.15, -0.1) is 5.10 Å². The van der Waals surface area contributed by atoms with Crippen molar-refractivity contribution in [2.75, 3.05) is 0 Å². The molecule has 1 aliphatic rings. The van der Waals surface area contributed by atoms with Crippen LogP contribution in [0.2, 0.25) is 6.32 Å². The number of rotatable bonds is 15. The largest absolute Gasteiger partial charge is 0.457 e. The summed E-state index contributed by atoms with van der Waals surface area (Å²) in [6.07, 6.45) is 3.21. The van der Waals surface area contributed by atoms with Crippen LogP contribution in [0.1, 0.15) is 81.1 Å². The topological polar surface area (TPSA) is 103 Å². The highest BCUT2D eigenvalue weighted by Crippen LogP contribution is 2.41. The van der Waals surface area contributed by atoms with Crippen molar-refractivity contribution in [3.05, 3.63) is 149 Å². The second kappa shape index (κ2) is 15.5. The quantitative estimate of drug-likeness (QED) is 0.0712. The Morgan fingerprint density at radius 1 is 0.760 bits per heavy atom. The van der Waals surface area contributed by atoms with Gasteiger partial charge in [0, 0.05) is 6.54 Å². The van der Waals surface area contributed by atoms with E-state index in [2.05, 4.69) is 127 Å². The molecule has 6 rings (SSSR count). The smallest absolute Gasteiger partial charge is 0.403 e. The summed E-state index contributed by atoms with van der Waals surface area (Å²) in [4.78, 5) is 13.2. The summed E-state index contributed by atoms with van der Waals surface area (Å²) in [6.45, 7) is 8.75. The number of nitrogens with one attached hydrogen (secondary N) is 2. The van der Waals surface area contributed by atoms with Gasteiger partial charge in [-0.05, 0) is 73.1 Å². The normalized spacial score (nSPS) is 15.9. The second-order valence-electron chi connectivity index (χ2n) is 14.0. The lowest BCUT2D eigenvalue weighted by atomic mass is 9.76. The average molecular weight is 671 g/mol.